The first-order chi connectivity index (χ1) is 10.7. The topological polar surface area (TPSA) is 16.4 Å². The first-order valence-electron chi connectivity index (χ1n) is 8.06. The smallest absolute Gasteiger partial charge is 0.135 e. The molecule has 2 aliphatic rings. The lowest BCUT2D eigenvalue weighted by Gasteiger charge is -2.27. The monoisotopic (exact) mass is 407 g/mol. The molecule has 0 saturated heterocycles. The summed E-state index contributed by atoms with van der Waals surface area (Å²) in [6, 6.07) is 0. The van der Waals surface area contributed by atoms with Crippen LogP contribution in [0.5, 0.6) is 0 Å². The standard InChI is InChI=1S/C19H22INO/c1-3-10-21(11-4-2)15-8-9-19-17(13-15)16-12-14(20)6-5-7-18(16)22-19/h5-9,12H,3-4,10-11,13H2,1-2H3. The number of halogens is 1. The van der Waals surface area contributed by atoms with Crippen molar-refractivity contribution in [2.75, 3.05) is 13.1 Å². The number of fused-ring (bicyclic) bond motifs is 3. The van der Waals surface area contributed by atoms with Crippen molar-refractivity contribution >= 4 is 40.8 Å². The molecule has 0 fully saturated rings. The van der Waals surface area contributed by atoms with E-state index in [-0.39, 0.29) is 0 Å². The van der Waals surface area contributed by atoms with Crippen molar-refractivity contribution in [1.82, 2.24) is 4.90 Å². The Kier molecular flexibility index (Phi) is 4.91. The lowest BCUT2D eigenvalue weighted by molar-refractivity contribution is 0.336. The van der Waals surface area contributed by atoms with Crippen LogP contribution in [0.1, 0.15) is 37.8 Å². The highest BCUT2D eigenvalue weighted by atomic mass is 127. The quantitative estimate of drug-likeness (QED) is 0.692. The molecule has 0 bridgehead atoms. The number of hydrogen-bond donors (Lipinski definition) is 0. The van der Waals surface area contributed by atoms with Gasteiger partial charge in [0.05, 0.1) is 0 Å². The highest BCUT2D eigenvalue weighted by Gasteiger charge is 2.18. The lowest BCUT2D eigenvalue weighted by atomic mass is 10.0. The van der Waals surface area contributed by atoms with E-state index in [1.807, 2.05) is 0 Å². The lowest BCUT2D eigenvalue weighted by Crippen LogP contribution is -2.28. The van der Waals surface area contributed by atoms with Crippen LogP contribution in [0.2, 0.25) is 0 Å². The Labute approximate surface area is 145 Å². The molecule has 1 aromatic rings. The fraction of sp³-hybridized carbons (Fsp3) is 0.368. The van der Waals surface area contributed by atoms with Gasteiger partial charge in [0.2, 0.25) is 0 Å². The minimum absolute atomic E-state index is 0.971. The van der Waals surface area contributed by atoms with Crippen LogP contribution < -0.4 is 10.8 Å². The summed E-state index contributed by atoms with van der Waals surface area (Å²) >= 11 is 2.37. The molecule has 22 heavy (non-hydrogen) atoms. The van der Waals surface area contributed by atoms with Crippen LogP contribution in [0.25, 0.3) is 18.2 Å². The molecule has 0 aliphatic heterocycles. The molecule has 0 N–H and O–H groups in total. The molecular weight excluding hydrogens is 385 g/mol. The van der Waals surface area contributed by atoms with Crippen molar-refractivity contribution in [1.29, 1.82) is 0 Å². The maximum Gasteiger partial charge on any atom is 0.135 e. The van der Waals surface area contributed by atoms with E-state index in [4.69, 9.17) is 4.42 Å². The maximum absolute atomic E-state index is 6.03. The predicted molar refractivity (Wildman–Crippen MR) is 102 cm³/mol. The van der Waals surface area contributed by atoms with E-state index < -0.39 is 0 Å². The second-order valence-corrected chi connectivity index (χ2v) is 7.01. The fourth-order valence-electron chi connectivity index (χ4n) is 3.10. The zero-order valence-corrected chi connectivity index (χ0v) is 15.4. The minimum atomic E-state index is 0.971. The number of hydrogen-bond acceptors (Lipinski definition) is 2. The van der Waals surface area contributed by atoms with Gasteiger partial charge in [-0.2, -0.15) is 0 Å². The van der Waals surface area contributed by atoms with Gasteiger partial charge in [-0.3, -0.25) is 0 Å². The molecule has 0 spiro atoms. The van der Waals surface area contributed by atoms with Crippen molar-refractivity contribution in [3.8, 4) is 0 Å². The van der Waals surface area contributed by atoms with Gasteiger partial charge in [0, 0.05) is 39.9 Å². The summed E-state index contributed by atoms with van der Waals surface area (Å²) in [7, 11) is 0. The van der Waals surface area contributed by atoms with Crippen LogP contribution in [-0.4, -0.2) is 18.0 Å². The Morgan fingerprint density at radius 2 is 1.86 bits per heavy atom. The molecule has 3 rings (SSSR count). The third-order valence-corrected chi connectivity index (χ3v) is 4.74. The molecule has 1 heterocycles. The third kappa shape index (κ3) is 3.09. The third-order valence-electron chi connectivity index (χ3n) is 4.07. The molecule has 0 unspecified atom stereocenters. The van der Waals surface area contributed by atoms with E-state index in [0.29, 0.717) is 0 Å². The minimum Gasteiger partial charge on any atom is -0.456 e. The van der Waals surface area contributed by atoms with E-state index >= 15 is 0 Å². The number of furan rings is 1. The summed E-state index contributed by atoms with van der Waals surface area (Å²) in [5.41, 5.74) is 6.00. The number of rotatable bonds is 5. The first kappa shape index (κ1) is 15.7. The van der Waals surface area contributed by atoms with E-state index in [9.17, 15) is 0 Å². The summed E-state index contributed by atoms with van der Waals surface area (Å²) < 4.78 is 7.27. The van der Waals surface area contributed by atoms with E-state index in [1.54, 1.807) is 0 Å². The molecule has 0 amide bonds. The summed E-state index contributed by atoms with van der Waals surface area (Å²) in [5.74, 6) is 0. The van der Waals surface area contributed by atoms with Crippen LogP contribution >= 0.6 is 22.6 Å². The van der Waals surface area contributed by atoms with Crippen LogP contribution in [0.4, 0.5) is 0 Å². The van der Waals surface area contributed by atoms with Gasteiger partial charge in [-0.1, -0.05) is 19.9 Å². The summed E-state index contributed by atoms with van der Waals surface area (Å²) in [6.07, 6.45) is 16.2. The Balaban J connectivity index is 1.98. The second kappa shape index (κ2) is 6.90. The van der Waals surface area contributed by atoms with Gasteiger partial charge in [-0.05, 0) is 65.8 Å². The summed E-state index contributed by atoms with van der Waals surface area (Å²) in [6.45, 7) is 6.75. The van der Waals surface area contributed by atoms with Gasteiger partial charge >= 0.3 is 0 Å². The second-order valence-electron chi connectivity index (χ2n) is 5.77. The molecule has 0 aromatic carbocycles. The van der Waals surface area contributed by atoms with Gasteiger partial charge in [0.25, 0.3) is 0 Å². The van der Waals surface area contributed by atoms with Crippen molar-refractivity contribution in [2.45, 2.75) is 33.1 Å². The van der Waals surface area contributed by atoms with Gasteiger partial charge in [0.1, 0.15) is 10.8 Å². The highest BCUT2D eigenvalue weighted by Crippen LogP contribution is 2.21. The van der Waals surface area contributed by atoms with Crippen LogP contribution in [0.3, 0.4) is 0 Å². The molecule has 3 heteroatoms. The van der Waals surface area contributed by atoms with Crippen molar-refractivity contribution in [3.05, 3.63) is 49.5 Å². The normalized spacial score (nSPS) is 15.8. The van der Waals surface area contributed by atoms with E-state index in [0.717, 1.165) is 30.3 Å². The number of allylic oxidation sites excluding steroid dienone is 5. The van der Waals surface area contributed by atoms with E-state index in [2.05, 4.69) is 77.8 Å². The van der Waals surface area contributed by atoms with Crippen molar-refractivity contribution in [3.63, 3.8) is 0 Å². The Bertz CT molecular complexity index is 758. The van der Waals surface area contributed by atoms with Crippen molar-refractivity contribution in [2.24, 2.45) is 0 Å². The molecule has 2 nitrogen and oxygen atoms in total. The van der Waals surface area contributed by atoms with Crippen LogP contribution in [0.15, 0.2) is 31.9 Å². The molecule has 116 valence electrons. The summed E-state index contributed by atoms with van der Waals surface area (Å²) in [5, 5.41) is 0. The van der Waals surface area contributed by atoms with Crippen LogP contribution in [0, 0.1) is 0 Å². The zero-order chi connectivity index (χ0) is 15.5. The molecule has 2 aliphatic carbocycles. The molecule has 1 aromatic heterocycles. The fourth-order valence-corrected chi connectivity index (χ4v) is 3.62. The molecular formula is C19H22INO. The predicted octanol–water partition coefficient (Wildman–Crippen LogP) is 3.75. The maximum atomic E-state index is 6.03. The molecule has 0 atom stereocenters. The van der Waals surface area contributed by atoms with Crippen molar-refractivity contribution < 1.29 is 4.42 Å². The zero-order valence-electron chi connectivity index (χ0n) is 13.2. The Morgan fingerprint density at radius 3 is 2.59 bits per heavy atom. The van der Waals surface area contributed by atoms with Crippen LogP contribution in [-0.2, 0) is 6.42 Å². The Morgan fingerprint density at radius 1 is 1.09 bits per heavy atom. The van der Waals surface area contributed by atoms with Gasteiger partial charge in [0.15, 0.2) is 0 Å². The Hall–Kier alpha value is -1.23. The average Bonchev–Trinajstić information content (AvgIpc) is 2.73. The van der Waals surface area contributed by atoms with Gasteiger partial charge in [-0.15, -0.1) is 0 Å². The van der Waals surface area contributed by atoms with E-state index in [1.165, 1.54) is 33.2 Å². The van der Waals surface area contributed by atoms with Gasteiger partial charge < -0.3 is 9.32 Å². The summed E-state index contributed by atoms with van der Waals surface area (Å²) in [4.78, 5) is 2.52. The average molecular weight is 407 g/mol. The molecule has 0 saturated carbocycles. The largest absolute Gasteiger partial charge is 0.456 e. The molecule has 0 radical (unpaired) electrons. The SMILES string of the molecule is CCCN(CCC)C1=CC=c2oc3c(c2C1)C=C(I)C=CC=3. The number of nitrogens with zero attached hydrogens (tertiary/aromatic N) is 1. The first-order valence-corrected chi connectivity index (χ1v) is 9.14. The van der Waals surface area contributed by atoms with Gasteiger partial charge in [-0.25, -0.2) is 0 Å². The highest BCUT2D eigenvalue weighted by molar-refractivity contribution is 14.1.